The molecule has 1 aromatic heterocycles. The Kier molecular flexibility index (Phi) is 7.16. The van der Waals surface area contributed by atoms with Gasteiger partial charge < -0.3 is 9.64 Å². The lowest BCUT2D eigenvalue weighted by Crippen LogP contribution is -2.48. The summed E-state index contributed by atoms with van der Waals surface area (Å²) in [4.78, 5) is 2.37. The standard InChI is InChI=1S/C28H30N4O3S/c1-2-3-20-35-25-10-12-26(13-11-25)36(33,34)32-18-16-31(17-19-32)28-15-14-27(29-30-28)24-9-8-22-6-4-5-7-23(22)21-24/h4-15,21H,2-3,16-20H2,1H3. The van der Waals surface area contributed by atoms with Gasteiger partial charge in [-0.15, -0.1) is 10.2 Å². The van der Waals surface area contributed by atoms with Gasteiger partial charge in [0.25, 0.3) is 0 Å². The van der Waals surface area contributed by atoms with Gasteiger partial charge in [0, 0.05) is 31.7 Å². The van der Waals surface area contributed by atoms with Crippen LogP contribution in [0.1, 0.15) is 19.8 Å². The molecular weight excluding hydrogens is 472 g/mol. The van der Waals surface area contributed by atoms with Gasteiger partial charge >= 0.3 is 0 Å². The van der Waals surface area contributed by atoms with E-state index in [0.717, 1.165) is 35.3 Å². The van der Waals surface area contributed by atoms with Gasteiger partial charge in [0.05, 0.1) is 17.2 Å². The second-order valence-electron chi connectivity index (χ2n) is 8.90. The van der Waals surface area contributed by atoms with Crippen LogP contribution in [0.15, 0.2) is 83.8 Å². The highest BCUT2D eigenvalue weighted by Crippen LogP contribution is 2.25. The van der Waals surface area contributed by atoms with Crippen LogP contribution in [-0.4, -0.2) is 55.7 Å². The molecule has 7 nitrogen and oxygen atoms in total. The van der Waals surface area contributed by atoms with Gasteiger partial charge in [-0.3, -0.25) is 0 Å². The van der Waals surface area contributed by atoms with Crippen LogP contribution in [0.5, 0.6) is 5.75 Å². The number of sulfonamides is 1. The zero-order valence-corrected chi connectivity index (χ0v) is 21.2. The normalized spacial score (nSPS) is 14.8. The van der Waals surface area contributed by atoms with E-state index in [1.54, 1.807) is 24.3 Å². The highest BCUT2D eigenvalue weighted by molar-refractivity contribution is 7.89. The molecule has 0 N–H and O–H groups in total. The maximum atomic E-state index is 13.1. The van der Waals surface area contributed by atoms with Gasteiger partial charge in [0.2, 0.25) is 10.0 Å². The topological polar surface area (TPSA) is 75.6 Å². The fourth-order valence-corrected chi connectivity index (χ4v) is 5.77. The first-order valence-electron chi connectivity index (χ1n) is 12.4. The van der Waals surface area contributed by atoms with E-state index >= 15 is 0 Å². The Labute approximate surface area is 212 Å². The fourth-order valence-electron chi connectivity index (χ4n) is 4.35. The lowest BCUT2D eigenvalue weighted by atomic mass is 10.1. The van der Waals surface area contributed by atoms with Crippen LogP contribution in [0.2, 0.25) is 0 Å². The minimum atomic E-state index is -3.56. The molecule has 0 aliphatic carbocycles. The maximum Gasteiger partial charge on any atom is 0.243 e. The second-order valence-corrected chi connectivity index (χ2v) is 10.8. The van der Waals surface area contributed by atoms with Crippen molar-refractivity contribution in [3.8, 4) is 17.0 Å². The Morgan fingerprint density at radius 3 is 2.28 bits per heavy atom. The van der Waals surface area contributed by atoms with Crippen molar-refractivity contribution >= 4 is 26.6 Å². The Balaban J connectivity index is 1.21. The third kappa shape index (κ3) is 5.20. The number of fused-ring (bicyclic) bond motifs is 1. The van der Waals surface area contributed by atoms with Crippen molar-refractivity contribution in [2.24, 2.45) is 0 Å². The molecule has 2 heterocycles. The first kappa shape index (κ1) is 24.2. The molecule has 0 unspecified atom stereocenters. The molecule has 3 aromatic carbocycles. The van der Waals surface area contributed by atoms with E-state index in [1.807, 2.05) is 24.3 Å². The molecular formula is C28H30N4O3S. The van der Waals surface area contributed by atoms with Crippen molar-refractivity contribution in [2.45, 2.75) is 24.7 Å². The molecule has 0 bridgehead atoms. The van der Waals surface area contributed by atoms with Crippen LogP contribution in [0.25, 0.3) is 22.0 Å². The predicted molar refractivity (Wildman–Crippen MR) is 143 cm³/mol. The fraction of sp³-hybridized carbons (Fsp3) is 0.286. The summed E-state index contributed by atoms with van der Waals surface area (Å²) in [6, 6.07) is 25.1. The minimum Gasteiger partial charge on any atom is -0.494 e. The number of benzene rings is 3. The maximum absolute atomic E-state index is 13.1. The first-order chi connectivity index (χ1) is 17.5. The zero-order chi connectivity index (χ0) is 25.0. The van der Waals surface area contributed by atoms with Crippen molar-refractivity contribution in [1.82, 2.24) is 14.5 Å². The lowest BCUT2D eigenvalue weighted by Gasteiger charge is -2.34. The summed E-state index contributed by atoms with van der Waals surface area (Å²) in [5.41, 5.74) is 1.83. The highest BCUT2D eigenvalue weighted by atomic mass is 32.2. The largest absolute Gasteiger partial charge is 0.494 e. The van der Waals surface area contributed by atoms with Crippen LogP contribution in [-0.2, 0) is 10.0 Å². The molecule has 36 heavy (non-hydrogen) atoms. The van der Waals surface area contributed by atoms with Crippen molar-refractivity contribution in [3.63, 3.8) is 0 Å². The third-order valence-corrected chi connectivity index (χ3v) is 8.40. The van der Waals surface area contributed by atoms with Crippen LogP contribution in [0.4, 0.5) is 5.82 Å². The number of aromatic nitrogens is 2. The molecule has 1 aliphatic rings. The summed E-state index contributed by atoms with van der Waals surface area (Å²) in [5, 5.41) is 11.2. The number of anilines is 1. The van der Waals surface area contributed by atoms with E-state index in [0.29, 0.717) is 43.4 Å². The SMILES string of the molecule is CCCCOc1ccc(S(=O)(=O)N2CCN(c3ccc(-c4ccc5ccccc5c4)nn3)CC2)cc1. The Morgan fingerprint density at radius 1 is 0.833 bits per heavy atom. The molecule has 1 saturated heterocycles. The highest BCUT2D eigenvalue weighted by Gasteiger charge is 2.29. The lowest BCUT2D eigenvalue weighted by molar-refractivity contribution is 0.309. The van der Waals surface area contributed by atoms with Crippen LogP contribution < -0.4 is 9.64 Å². The average Bonchev–Trinajstić information content (AvgIpc) is 2.93. The van der Waals surface area contributed by atoms with E-state index < -0.39 is 10.0 Å². The van der Waals surface area contributed by atoms with Gasteiger partial charge in [-0.05, 0) is 59.7 Å². The Morgan fingerprint density at radius 2 is 1.58 bits per heavy atom. The van der Waals surface area contributed by atoms with Gasteiger partial charge in [0.15, 0.2) is 5.82 Å². The zero-order valence-electron chi connectivity index (χ0n) is 20.4. The third-order valence-electron chi connectivity index (χ3n) is 6.49. The average molecular weight is 503 g/mol. The predicted octanol–water partition coefficient (Wildman–Crippen LogP) is 4.99. The molecule has 0 spiro atoms. The van der Waals surface area contributed by atoms with Gasteiger partial charge in [-0.25, -0.2) is 8.42 Å². The van der Waals surface area contributed by atoms with E-state index in [-0.39, 0.29) is 0 Å². The molecule has 0 atom stereocenters. The summed E-state index contributed by atoms with van der Waals surface area (Å²) in [5.74, 6) is 1.45. The van der Waals surface area contributed by atoms with Gasteiger partial charge in [0.1, 0.15) is 5.75 Å². The number of piperazine rings is 1. The summed E-state index contributed by atoms with van der Waals surface area (Å²) in [6.45, 7) is 4.64. The van der Waals surface area contributed by atoms with Crippen LogP contribution in [0.3, 0.4) is 0 Å². The number of nitrogens with zero attached hydrogens (tertiary/aromatic N) is 4. The molecule has 1 aliphatic heterocycles. The summed E-state index contributed by atoms with van der Waals surface area (Å²) < 4.78 is 33.5. The smallest absolute Gasteiger partial charge is 0.243 e. The van der Waals surface area contributed by atoms with E-state index in [4.69, 9.17) is 4.74 Å². The molecule has 4 aromatic rings. The van der Waals surface area contributed by atoms with Crippen molar-refractivity contribution in [3.05, 3.63) is 78.9 Å². The van der Waals surface area contributed by atoms with Crippen molar-refractivity contribution in [2.75, 3.05) is 37.7 Å². The number of ether oxygens (including phenoxy) is 1. The molecule has 5 rings (SSSR count). The Hall–Kier alpha value is -3.49. The minimum absolute atomic E-state index is 0.290. The summed E-state index contributed by atoms with van der Waals surface area (Å²) in [7, 11) is -3.56. The molecule has 1 fully saturated rings. The molecule has 0 amide bonds. The molecule has 8 heteroatoms. The van der Waals surface area contributed by atoms with Crippen LogP contribution >= 0.6 is 0 Å². The molecule has 0 radical (unpaired) electrons. The monoisotopic (exact) mass is 502 g/mol. The van der Waals surface area contributed by atoms with Crippen molar-refractivity contribution < 1.29 is 13.2 Å². The molecule has 186 valence electrons. The van der Waals surface area contributed by atoms with Crippen LogP contribution in [0, 0.1) is 0 Å². The first-order valence-corrected chi connectivity index (χ1v) is 13.8. The quantitative estimate of drug-likeness (QED) is 0.316. The molecule has 0 saturated carbocycles. The number of hydrogen-bond acceptors (Lipinski definition) is 6. The van der Waals surface area contributed by atoms with E-state index in [9.17, 15) is 8.42 Å². The summed E-state index contributed by atoms with van der Waals surface area (Å²) in [6.07, 6.45) is 2.03. The number of rotatable bonds is 8. The van der Waals surface area contributed by atoms with Gasteiger partial charge in [-0.1, -0.05) is 49.7 Å². The second kappa shape index (κ2) is 10.6. The van der Waals surface area contributed by atoms with Crippen molar-refractivity contribution in [1.29, 1.82) is 0 Å². The Bertz CT molecular complexity index is 1420. The van der Waals surface area contributed by atoms with E-state index in [1.165, 1.54) is 9.69 Å². The number of hydrogen-bond donors (Lipinski definition) is 0. The number of unbranched alkanes of at least 4 members (excludes halogenated alkanes) is 1. The van der Waals surface area contributed by atoms with E-state index in [2.05, 4.69) is 52.4 Å². The van der Waals surface area contributed by atoms with Gasteiger partial charge in [-0.2, -0.15) is 4.31 Å². The summed E-state index contributed by atoms with van der Waals surface area (Å²) >= 11 is 0.